The van der Waals surface area contributed by atoms with Crippen molar-refractivity contribution in [3.63, 3.8) is 0 Å². The minimum Gasteiger partial charge on any atom is -0.359 e. The molecular weight excluding hydrogens is 294 g/mol. The summed E-state index contributed by atoms with van der Waals surface area (Å²) in [7, 11) is 1.57. The normalized spacial score (nSPS) is 18.3. The lowest BCUT2D eigenvalue weighted by atomic mass is 10.1. The average Bonchev–Trinajstić information content (AvgIpc) is 2.77. The van der Waals surface area contributed by atoms with Crippen molar-refractivity contribution in [3.05, 3.63) is 35.4 Å². The Labute approximate surface area is 136 Å². The van der Waals surface area contributed by atoms with Crippen molar-refractivity contribution < 1.29 is 14.4 Å². The van der Waals surface area contributed by atoms with Crippen molar-refractivity contribution in [2.75, 3.05) is 33.2 Å². The summed E-state index contributed by atoms with van der Waals surface area (Å²) in [4.78, 5) is 39.7. The van der Waals surface area contributed by atoms with Crippen LogP contribution < -0.4 is 5.32 Å². The van der Waals surface area contributed by atoms with E-state index in [-0.39, 0.29) is 17.7 Å². The van der Waals surface area contributed by atoms with E-state index in [2.05, 4.69) is 5.32 Å². The Morgan fingerprint density at radius 2 is 1.61 bits per heavy atom. The molecule has 0 bridgehead atoms. The first-order chi connectivity index (χ1) is 10.9. The third-order valence-corrected chi connectivity index (χ3v) is 4.17. The largest absolute Gasteiger partial charge is 0.359 e. The van der Waals surface area contributed by atoms with Crippen LogP contribution in [-0.2, 0) is 9.59 Å². The van der Waals surface area contributed by atoms with E-state index in [0.717, 1.165) is 5.56 Å². The summed E-state index contributed by atoms with van der Waals surface area (Å²) in [5.74, 6) is -0.756. The summed E-state index contributed by atoms with van der Waals surface area (Å²) in [6.45, 7) is 4.98. The molecule has 1 aliphatic rings. The minimum absolute atomic E-state index is 0.0801. The highest BCUT2D eigenvalue weighted by Crippen LogP contribution is 2.14. The molecule has 1 N–H and O–H groups in total. The molecule has 0 unspecified atom stereocenters. The molecule has 2 rings (SSSR count). The number of hydrogen-bond donors (Lipinski definition) is 1. The lowest BCUT2D eigenvalue weighted by Gasteiger charge is -2.23. The second-order valence-corrected chi connectivity index (χ2v) is 5.89. The number of carbonyl (C=O) groups excluding carboxylic acids is 3. The number of aryl methyl sites for hydroxylation is 1. The molecule has 1 aliphatic heterocycles. The van der Waals surface area contributed by atoms with Gasteiger partial charge in [0.25, 0.3) is 5.91 Å². The second kappa shape index (κ2) is 7.26. The van der Waals surface area contributed by atoms with Gasteiger partial charge in [-0.15, -0.1) is 0 Å². The predicted octanol–water partition coefficient (Wildman–Crippen LogP) is 0.662. The lowest BCUT2D eigenvalue weighted by Crippen LogP contribution is -2.42. The van der Waals surface area contributed by atoms with E-state index < -0.39 is 5.92 Å². The average molecular weight is 317 g/mol. The minimum atomic E-state index is -0.416. The van der Waals surface area contributed by atoms with Gasteiger partial charge in [0.2, 0.25) is 11.8 Å². The Kier molecular flexibility index (Phi) is 5.36. The van der Waals surface area contributed by atoms with Gasteiger partial charge < -0.3 is 15.1 Å². The van der Waals surface area contributed by atoms with Crippen molar-refractivity contribution in [1.29, 1.82) is 0 Å². The first-order valence-electron chi connectivity index (χ1n) is 7.75. The molecule has 6 heteroatoms. The molecule has 124 valence electrons. The topological polar surface area (TPSA) is 69.7 Å². The van der Waals surface area contributed by atoms with Crippen LogP contribution in [0.4, 0.5) is 0 Å². The van der Waals surface area contributed by atoms with Gasteiger partial charge in [0.15, 0.2) is 0 Å². The first kappa shape index (κ1) is 17.0. The van der Waals surface area contributed by atoms with Crippen LogP contribution in [0, 0.1) is 12.8 Å². The summed E-state index contributed by atoms with van der Waals surface area (Å²) >= 11 is 0. The van der Waals surface area contributed by atoms with E-state index in [1.807, 2.05) is 19.1 Å². The monoisotopic (exact) mass is 317 g/mol. The van der Waals surface area contributed by atoms with Gasteiger partial charge in [0.1, 0.15) is 0 Å². The quantitative estimate of drug-likeness (QED) is 0.871. The highest BCUT2D eigenvalue weighted by atomic mass is 16.2. The van der Waals surface area contributed by atoms with Crippen LogP contribution in [0.5, 0.6) is 0 Å². The highest BCUT2D eigenvalue weighted by molar-refractivity contribution is 5.94. The number of nitrogens with one attached hydrogen (secondary N) is 1. The van der Waals surface area contributed by atoms with Crippen molar-refractivity contribution >= 4 is 17.7 Å². The molecular formula is C17H23N3O3. The second-order valence-electron chi connectivity index (χ2n) is 5.89. The van der Waals surface area contributed by atoms with Crippen molar-refractivity contribution in [3.8, 4) is 0 Å². The summed E-state index contributed by atoms with van der Waals surface area (Å²) in [5.41, 5.74) is 1.69. The summed E-state index contributed by atoms with van der Waals surface area (Å²) in [5, 5.41) is 2.61. The van der Waals surface area contributed by atoms with Gasteiger partial charge in [-0.2, -0.15) is 0 Å². The van der Waals surface area contributed by atoms with Gasteiger partial charge in [0, 0.05) is 45.7 Å². The number of amides is 3. The van der Waals surface area contributed by atoms with Crippen LogP contribution >= 0.6 is 0 Å². The summed E-state index contributed by atoms with van der Waals surface area (Å²) in [6.07, 6.45) is 0. The summed E-state index contributed by atoms with van der Waals surface area (Å²) in [6, 6.07) is 7.37. The fourth-order valence-electron chi connectivity index (χ4n) is 2.73. The van der Waals surface area contributed by atoms with E-state index in [1.54, 1.807) is 29.0 Å². The highest BCUT2D eigenvalue weighted by Gasteiger charge is 2.30. The van der Waals surface area contributed by atoms with Gasteiger partial charge >= 0.3 is 0 Å². The summed E-state index contributed by atoms with van der Waals surface area (Å²) < 4.78 is 0. The third-order valence-electron chi connectivity index (χ3n) is 4.17. The van der Waals surface area contributed by atoms with Gasteiger partial charge in [-0.25, -0.2) is 0 Å². The fraction of sp³-hybridized carbons (Fsp3) is 0.471. The molecule has 1 heterocycles. The van der Waals surface area contributed by atoms with Gasteiger partial charge in [0.05, 0.1) is 5.92 Å². The van der Waals surface area contributed by atoms with E-state index in [9.17, 15) is 14.4 Å². The predicted molar refractivity (Wildman–Crippen MR) is 86.9 cm³/mol. The van der Waals surface area contributed by atoms with Crippen molar-refractivity contribution in [1.82, 2.24) is 15.1 Å². The van der Waals surface area contributed by atoms with E-state index in [0.29, 0.717) is 31.7 Å². The number of nitrogens with zero attached hydrogens (tertiary/aromatic N) is 2. The number of rotatable bonds is 2. The third kappa shape index (κ3) is 4.09. The maximum atomic E-state index is 12.7. The molecule has 1 saturated heterocycles. The Hall–Kier alpha value is -2.37. The van der Waals surface area contributed by atoms with E-state index >= 15 is 0 Å². The van der Waals surface area contributed by atoms with Crippen LogP contribution in [0.25, 0.3) is 0 Å². The molecule has 1 fully saturated rings. The Morgan fingerprint density at radius 3 is 2.17 bits per heavy atom. The Balaban J connectivity index is 2.20. The number of carbonyl (C=O) groups is 3. The molecule has 0 saturated carbocycles. The Bertz CT molecular complexity index is 598. The van der Waals surface area contributed by atoms with Gasteiger partial charge in [-0.3, -0.25) is 14.4 Å². The van der Waals surface area contributed by atoms with Crippen LogP contribution in [-0.4, -0.2) is 60.7 Å². The zero-order valence-electron chi connectivity index (χ0n) is 13.8. The molecule has 3 amide bonds. The van der Waals surface area contributed by atoms with Gasteiger partial charge in [-0.1, -0.05) is 17.7 Å². The van der Waals surface area contributed by atoms with Crippen molar-refractivity contribution in [2.45, 2.75) is 13.8 Å². The molecule has 1 aromatic carbocycles. The lowest BCUT2D eigenvalue weighted by molar-refractivity contribution is -0.130. The molecule has 23 heavy (non-hydrogen) atoms. The molecule has 0 radical (unpaired) electrons. The van der Waals surface area contributed by atoms with Crippen LogP contribution in [0.2, 0.25) is 0 Å². The van der Waals surface area contributed by atoms with Crippen LogP contribution in [0.1, 0.15) is 22.8 Å². The number of benzene rings is 1. The van der Waals surface area contributed by atoms with E-state index in [1.165, 1.54) is 6.92 Å². The van der Waals surface area contributed by atoms with E-state index in [4.69, 9.17) is 0 Å². The molecule has 0 aromatic heterocycles. The maximum Gasteiger partial charge on any atom is 0.253 e. The maximum absolute atomic E-state index is 12.7. The van der Waals surface area contributed by atoms with Gasteiger partial charge in [-0.05, 0) is 19.1 Å². The fourth-order valence-corrected chi connectivity index (χ4v) is 2.73. The van der Waals surface area contributed by atoms with Crippen LogP contribution in [0.15, 0.2) is 24.3 Å². The molecule has 0 aliphatic carbocycles. The molecule has 0 spiro atoms. The zero-order valence-corrected chi connectivity index (χ0v) is 13.8. The van der Waals surface area contributed by atoms with Crippen LogP contribution in [0.3, 0.4) is 0 Å². The Morgan fingerprint density at radius 1 is 1.04 bits per heavy atom. The standard InChI is InChI=1S/C17H23N3O3/c1-12-4-6-14(7-5-12)17(23)20-9-8-19(13(2)21)10-15(11-20)16(22)18-3/h4-7,15H,8-11H2,1-3H3,(H,18,22)/t15-/m0/s1. The smallest absolute Gasteiger partial charge is 0.253 e. The SMILES string of the molecule is CNC(=O)[C@H]1CN(C(C)=O)CCN(C(=O)c2ccc(C)cc2)C1. The number of hydrogen-bond acceptors (Lipinski definition) is 3. The zero-order chi connectivity index (χ0) is 17.0. The molecule has 6 nitrogen and oxygen atoms in total. The molecule has 1 atom stereocenters. The first-order valence-corrected chi connectivity index (χ1v) is 7.75. The van der Waals surface area contributed by atoms with Crippen molar-refractivity contribution in [2.24, 2.45) is 5.92 Å². The molecule has 1 aromatic rings.